The van der Waals surface area contributed by atoms with Crippen molar-refractivity contribution in [1.82, 2.24) is 0 Å². The van der Waals surface area contributed by atoms with Crippen molar-refractivity contribution < 1.29 is 23.8 Å². The van der Waals surface area contributed by atoms with E-state index in [0.717, 1.165) is 0 Å². The Bertz CT molecular complexity index is 1010. The molecule has 0 saturated heterocycles. The van der Waals surface area contributed by atoms with Gasteiger partial charge in [-0.05, 0) is 61.5 Å². The lowest BCUT2D eigenvalue weighted by Gasteiger charge is -2.15. The second-order valence-corrected chi connectivity index (χ2v) is 6.66. The van der Waals surface area contributed by atoms with E-state index in [1.165, 1.54) is 0 Å². The number of rotatable bonds is 9. The second kappa shape index (κ2) is 10.7. The Hall–Kier alpha value is -4.00. The molecule has 1 atom stereocenters. The average molecular weight is 420 g/mol. The van der Waals surface area contributed by atoms with Crippen LogP contribution < -0.4 is 24.8 Å². The lowest BCUT2D eigenvalue weighted by molar-refractivity contribution is -0.122. The lowest BCUT2D eigenvalue weighted by Crippen LogP contribution is -2.30. The van der Waals surface area contributed by atoms with Crippen LogP contribution in [0.5, 0.6) is 17.2 Å². The van der Waals surface area contributed by atoms with Crippen molar-refractivity contribution in [2.45, 2.75) is 13.0 Å². The molecule has 2 amide bonds. The molecule has 0 spiro atoms. The van der Waals surface area contributed by atoms with E-state index in [2.05, 4.69) is 10.6 Å². The van der Waals surface area contributed by atoms with Crippen LogP contribution in [0.2, 0.25) is 0 Å². The van der Waals surface area contributed by atoms with Gasteiger partial charge in [-0.3, -0.25) is 9.59 Å². The summed E-state index contributed by atoms with van der Waals surface area (Å²) in [5.74, 6) is 1.26. The third-order valence-electron chi connectivity index (χ3n) is 4.27. The number of anilines is 2. The standard InChI is InChI=1S/C24H24N2O5/c1-17(31-22-13-11-20(29-2)12-14-22)24(28)26-19-8-6-7-18(15-19)25-23(27)16-30-21-9-4-3-5-10-21/h3-15,17H,16H2,1-2H3,(H,25,27)(H,26,28). The lowest BCUT2D eigenvalue weighted by atomic mass is 10.2. The minimum absolute atomic E-state index is 0.118. The van der Waals surface area contributed by atoms with Crippen LogP contribution in [0.4, 0.5) is 11.4 Å². The predicted molar refractivity (Wildman–Crippen MR) is 119 cm³/mol. The Morgan fingerprint density at radius 2 is 1.45 bits per heavy atom. The molecule has 3 aromatic rings. The first-order chi connectivity index (χ1) is 15.0. The summed E-state index contributed by atoms with van der Waals surface area (Å²) >= 11 is 0. The molecule has 3 rings (SSSR count). The van der Waals surface area contributed by atoms with E-state index >= 15 is 0 Å². The maximum atomic E-state index is 12.5. The zero-order valence-corrected chi connectivity index (χ0v) is 17.3. The van der Waals surface area contributed by atoms with Gasteiger partial charge in [-0.1, -0.05) is 24.3 Å². The monoisotopic (exact) mass is 420 g/mol. The molecule has 31 heavy (non-hydrogen) atoms. The SMILES string of the molecule is COc1ccc(OC(C)C(=O)Nc2cccc(NC(=O)COc3ccccc3)c2)cc1. The number of nitrogens with one attached hydrogen (secondary N) is 2. The number of benzene rings is 3. The first-order valence-corrected chi connectivity index (χ1v) is 9.73. The zero-order chi connectivity index (χ0) is 22.1. The van der Waals surface area contributed by atoms with Crippen molar-refractivity contribution >= 4 is 23.2 Å². The fourth-order valence-electron chi connectivity index (χ4n) is 2.69. The average Bonchev–Trinajstić information content (AvgIpc) is 2.79. The number of hydrogen-bond donors (Lipinski definition) is 2. The first kappa shape index (κ1) is 21.7. The minimum atomic E-state index is -0.717. The van der Waals surface area contributed by atoms with Gasteiger partial charge < -0.3 is 24.8 Å². The van der Waals surface area contributed by atoms with Crippen LogP contribution in [-0.2, 0) is 9.59 Å². The quantitative estimate of drug-likeness (QED) is 0.544. The normalized spacial score (nSPS) is 11.2. The molecule has 0 aliphatic heterocycles. The molecule has 0 aliphatic rings. The van der Waals surface area contributed by atoms with E-state index in [-0.39, 0.29) is 18.4 Å². The van der Waals surface area contributed by atoms with Crippen molar-refractivity contribution in [3.63, 3.8) is 0 Å². The van der Waals surface area contributed by atoms with E-state index in [4.69, 9.17) is 14.2 Å². The van der Waals surface area contributed by atoms with Crippen LogP contribution in [0.25, 0.3) is 0 Å². The molecule has 0 saturated carbocycles. The Balaban J connectivity index is 1.51. The summed E-state index contributed by atoms with van der Waals surface area (Å²) < 4.78 is 16.2. The van der Waals surface area contributed by atoms with Gasteiger partial charge >= 0.3 is 0 Å². The highest BCUT2D eigenvalue weighted by Gasteiger charge is 2.15. The smallest absolute Gasteiger partial charge is 0.265 e. The second-order valence-electron chi connectivity index (χ2n) is 6.66. The van der Waals surface area contributed by atoms with Crippen molar-refractivity contribution in [1.29, 1.82) is 0 Å². The summed E-state index contributed by atoms with van der Waals surface area (Å²) in [6.07, 6.45) is -0.717. The number of carbonyl (C=O) groups excluding carboxylic acids is 2. The zero-order valence-electron chi connectivity index (χ0n) is 17.3. The first-order valence-electron chi connectivity index (χ1n) is 9.73. The number of amides is 2. The van der Waals surface area contributed by atoms with Gasteiger partial charge in [-0.15, -0.1) is 0 Å². The number of carbonyl (C=O) groups is 2. The molecule has 0 aromatic heterocycles. The van der Waals surface area contributed by atoms with Crippen LogP contribution >= 0.6 is 0 Å². The van der Waals surface area contributed by atoms with Crippen LogP contribution in [-0.4, -0.2) is 31.6 Å². The van der Waals surface area contributed by atoms with Gasteiger partial charge in [0.05, 0.1) is 7.11 Å². The third kappa shape index (κ3) is 6.78. The predicted octanol–water partition coefficient (Wildman–Crippen LogP) is 4.12. The van der Waals surface area contributed by atoms with Gasteiger partial charge in [0.1, 0.15) is 17.2 Å². The Morgan fingerprint density at radius 1 is 0.806 bits per heavy atom. The molecule has 160 valence electrons. The van der Waals surface area contributed by atoms with Gasteiger partial charge in [0, 0.05) is 11.4 Å². The molecule has 1 unspecified atom stereocenters. The summed E-state index contributed by atoms with van der Waals surface area (Å²) in [5, 5.41) is 5.53. The topological polar surface area (TPSA) is 85.9 Å². The van der Waals surface area contributed by atoms with E-state index < -0.39 is 6.10 Å². The van der Waals surface area contributed by atoms with Gasteiger partial charge in [-0.2, -0.15) is 0 Å². The van der Waals surface area contributed by atoms with Gasteiger partial charge in [0.2, 0.25) is 0 Å². The third-order valence-corrected chi connectivity index (χ3v) is 4.27. The number of ether oxygens (including phenoxy) is 3. The van der Waals surface area contributed by atoms with Crippen molar-refractivity contribution in [3.05, 3.63) is 78.9 Å². The van der Waals surface area contributed by atoms with E-state index in [1.807, 2.05) is 18.2 Å². The molecule has 0 bridgehead atoms. The maximum Gasteiger partial charge on any atom is 0.265 e. The number of hydrogen-bond acceptors (Lipinski definition) is 5. The molecule has 0 heterocycles. The summed E-state index contributed by atoms with van der Waals surface area (Å²) in [5.41, 5.74) is 1.08. The summed E-state index contributed by atoms with van der Waals surface area (Å²) in [4.78, 5) is 24.6. The van der Waals surface area contributed by atoms with E-state index in [1.54, 1.807) is 74.7 Å². The summed E-state index contributed by atoms with van der Waals surface area (Å²) in [6.45, 7) is 1.54. The molecular weight excluding hydrogens is 396 g/mol. The molecule has 0 fully saturated rings. The molecular formula is C24H24N2O5. The van der Waals surface area contributed by atoms with Crippen molar-refractivity contribution in [2.24, 2.45) is 0 Å². The Labute approximate surface area is 180 Å². The van der Waals surface area contributed by atoms with Crippen LogP contribution in [0.1, 0.15) is 6.92 Å². The van der Waals surface area contributed by atoms with Crippen LogP contribution in [0.15, 0.2) is 78.9 Å². The molecule has 0 radical (unpaired) electrons. The van der Waals surface area contributed by atoms with E-state index in [0.29, 0.717) is 28.6 Å². The van der Waals surface area contributed by atoms with Gasteiger partial charge in [0.15, 0.2) is 12.7 Å². The highest BCUT2D eigenvalue weighted by molar-refractivity contribution is 5.96. The van der Waals surface area contributed by atoms with Crippen LogP contribution in [0.3, 0.4) is 0 Å². The highest BCUT2D eigenvalue weighted by atomic mass is 16.5. The van der Waals surface area contributed by atoms with Gasteiger partial charge in [0.25, 0.3) is 11.8 Å². The molecule has 7 nitrogen and oxygen atoms in total. The fraction of sp³-hybridized carbons (Fsp3) is 0.167. The minimum Gasteiger partial charge on any atom is -0.497 e. The maximum absolute atomic E-state index is 12.5. The van der Waals surface area contributed by atoms with E-state index in [9.17, 15) is 9.59 Å². The molecule has 7 heteroatoms. The van der Waals surface area contributed by atoms with Crippen molar-refractivity contribution in [2.75, 3.05) is 24.4 Å². The van der Waals surface area contributed by atoms with Crippen molar-refractivity contribution in [3.8, 4) is 17.2 Å². The number of methoxy groups -OCH3 is 1. The highest BCUT2D eigenvalue weighted by Crippen LogP contribution is 2.19. The van der Waals surface area contributed by atoms with Crippen LogP contribution in [0, 0.1) is 0 Å². The van der Waals surface area contributed by atoms with Gasteiger partial charge in [-0.25, -0.2) is 0 Å². The summed E-state index contributed by atoms with van der Waals surface area (Å²) in [7, 11) is 1.58. The Morgan fingerprint density at radius 3 is 2.13 bits per heavy atom. The Kier molecular flexibility index (Phi) is 7.48. The fourth-order valence-corrected chi connectivity index (χ4v) is 2.69. The molecule has 2 N–H and O–H groups in total. The molecule has 0 aliphatic carbocycles. The molecule has 3 aromatic carbocycles. The largest absolute Gasteiger partial charge is 0.497 e. The summed E-state index contributed by atoms with van der Waals surface area (Å²) in [6, 6.07) is 22.9. The number of para-hydroxylation sites is 1.